The Morgan fingerprint density at radius 2 is 1.46 bits per heavy atom. The van der Waals surface area contributed by atoms with Gasteiger partial charge in [0.25, 0.3) is 0 Å². The third kappa shape index (κ3) is 5.14. The SMILES string of the molecule is CCCC[C](CC)(CCCC)[Sn]=[O]. The first kappa shape index (κ1) is 13.6. The molecule has 0 aliphatic carbocycles. The minimum absolute atomic E-state index is 0.301. The van der Waals surface area contributed by atoms with E-state index in [2.05, 4.69) is 20.8 Å². The van der Waals surface area contributed by atoms with Crippen molar-refractivity contribution in [2.24, 2.45) is 0 Å². The fraction of sp³-hybridized carbons (Fsp3) is 1.00. The van der Waals surface area contributed by atoms with Crippen molar-refractivity contribution in [1.82, 2.24) is 0 Å². The number of rotatable bonds is 8. The molecule has 0 aliphatic heterocycles. The van der Waals surface area contributed by atoms with Crippen LogP contribution < -0.4 is 0 Å². The molecule has 0 N–H and O–H groups in total. The van der Waals surface area contributed by atoms with Crippen molar-refractivity contribution in [2.45, 2.75) is 69.1 Å². The summed E-state index contributed by atoms with van der Waals surface area (Å²) in [5.74, 6) is 0. The Balaban J connectivity index is 4.04. The molecular formula is C11H23OSn. The van der Waals surface area contributed by atoms with Crippen LogP contribution in [0.15, 0.2) is 0 Å². The van der Waals surface area contributed by atoms with Crippen LogP contribution in [0.3, 0.4) is 0 Å². The van der Waals surface area contributed by atoms with Crippen LogP contribution in [0, 0.1) is 0 Å². The Kier molecular flexibility index (Phi) is 8.32. The van der Waals surface area contributed by atoms with Gasteiger partial charge in [0, 0.05) is 0 Å². The second-order valence-corrected chi connectivity index (χ2v) is 7.55. The van der Waals surface area contributed by atoms with Gasteiger partial charge in [-0.05, 0) is 0 Å². The molecule has 13 heavy (non-hydrogen) atoms. The fourth-order valence-electron chi connectivity index (χ4n) is 1.68. The topological polar surface area (TPSA) is 17.1 Å². The summed E-state index contributed by atoms with van der Waals surface area (Å²) in [5.41, 5.74) is 0. The molecule has 0 bridgehead atoms. The molecule has 1 nitrogen and oxygen atoms in total. The van der Waals surface area contributed by atoms with Gasteiger partial charge in [0.2, 0.25) is 0 Å². The summed E-state index contributed by atoms with van der Waals surface area (Å²) in [6.07, 6.45) is 8.59. The van der Waals surface area contributed by atoms with Gasteiger partial charge in [-0.15, -0.1) is 0 Å². The van der Waals surface area contributed by atoms with Gasteiger partial charge in [0.1, 0.15) is 0 Å². The van der Waals surface area contributed by atoms with Crippen molar-refractivity contribution in [3.8, 4) is 0 Å². The molecule has 0 unspecified atom stereocenters. The molecule has 77 valence electrons. The zero-order valence-corrected chi connectivity index (χ0v) is 12.2. The van der Waals surface area contributed by atoms with E-state index in [0.717, 1.165) is 6.42 Å². The van der Waals surface area contributed by atoms with Crippen molar-refractivity contribution in [2.75, 3.05) is 0 Å². The first-order valence-electron chi connectivity index (χ1n) is 5.64. The molecule has 0 aromatic carbocycles. The third-order valence-electron chi connectivity index (χ3n) is 2.91. The summed E-state index contributed by atoms with van der Waals surface area (Å²) >= 11 is -1.34. The van der Waals surface area contributed by atoms with Gasteiger partial charge in [-0.1, -0.05) is 0 Å². The number of unbranched alkanes of at least 4 members (excludes halogenated alkanes) is 2. The summed E-state index contributed by atoms with van der Waals surface area (Å²) in [4.78, 5) is 0. The Morgan fingerprint density at radius 3 is 1.69 bits per heavy atom. The monoisotopic (exact) mass is 291 g/mol. The van der Waals surface area contributed by atoms with Crippen LogP contribution >= 0.6 is 0 Å². The zero-order chi connectivity index (χ0) is 10.2. The van der Waals surface area contributed by atoms with Crippen LogP contribution in [0.2, 0.25) is 3.43 Å². The van der Waals surface area contributed by atoms with Crippen LogP contribution in [0.5, 0.6) is 0 Å². The van der Waals surface area contributed by atoms with Crippen LogP contribution in [-0.2, 0) is 3.08 Å². The maximum atomic E-state index is 11.4. The fourth-order valence-corrected chi connectivity index (χ4v) is 3.69. The maximum absolute atomic E-state index is 11.4. The van der Waals surface area contributed by atoms with Gasteiger partial charge in [-0.2, -0.15) is 0 Å². The van der Waals surface area contributed by atoms with Crippen molar-refractivity contribution < 1.29 is 3.08 Å². The van der Waals surface area contributed by atoms with Crippen LogP contribution in [-0.4, -0.2) is 21.1 Å². The van der Waals surface area contributed by atoms with Gasteiger partial charge in [0.05, 0.1) is 0 Å². The normalized spacial score (nSPS) is 11.6. The number of hydrogen-bond donors (Lipinski definition) is 0. The van der Waals surface area contributed by atoms with E-state index in [0.29, 0.717) is 3.43 Å². The minimum atomic E-state index is -1.34. The average molecular weight is 290 g/mol. The third-order valence-corrected chi connectivity index (χ3v) is 6.58. The Labute approximate surface area is 93.3 Å². The van der Waals surface area contributed by atoms with Crippen LogP contribution in [0.1, 0.15) is 65.7 Å². The summed E-state index contributed by atoms with van der Waals surface area (Å²) < 4.78 is 11.7. The summed E-state index contributed by atoms with van der Waals surface area (Å²) in [5, 5.41) is 0. The van der Waals surface area contributed by atoms with Crippen molar-refractivity contribution in [3.63, 3.8) is 0 Å². The van der Waals surface area contributed by atoms with Gasteiger partial charge in [-0.25, -0.2) is 0 Å². The van der Waals surface area contributed by atoms with E-state index in [1.807, 2.05) is 0 Å². The molecule has 0 amide bonds. The quantitative estimate of drug-likeness (QED) is 0.618. The molecule has 0 heterocycles. The molecule has 2 heteroatoms. The van der Waals surface area contributed by atoms with E-state index in [1.165, 1.54) is 38.5 Å². The second kappa shape index (κ2) is 7.95. The molecule has 0 fully saturated rings. The Bertz CT molecular complexity index is 126. The molecule has 0 rings (SSSR count). The van der Waals surface area contributed by atoms with E-state index in [9.17, 15) is 3.08 Å². The van der Waals surface area contributed by atoms with E-state index in [4.69, 9.17) is 0 Å². The predicted octanol–water partition coefficient (Wildman–Crippen LogP) is 3.99. The molecule has 0 atom stereocenters. The second-order valence-electron chi connectivity index (χ2n) is 3.94. The van der Waals surface area contributed by atoms with E-state index < -0.39 is 21.1 Å². The number of hydrogen-bond acceptors (Lipinski definition) is 1. The first-order chi connectivity index (χ1) is 6.24. The van der Waals surface area contributed by atoms with Gasteiger partial charge < -0.3 is 0 Å². The van der Waals surface area contributed by atoms with Gasteiger partial charge in [0.15, 0.2) is 0 Å². The average Bonchev–Trinajstić information content (AvgIpc) is 2.20. The molecule has 0 aromatic rings. The van der Waals surface area contributed by atoms with Crippen molar-refractivity contribution >= 4 is 21.1 Å². The van der Waals surface area contributed by atoms with E-state index in [1.54, 1.807) is 0 Å². The molecule has 0 aromatic heterocycles. The molecule has 1 radical (unpaired) electrons. The first-order valence-corrected chi connectivity index (χ1v) is 8.23. The van der Waals surface area contributed by atoms with E-state index >= 15 is 0 Å². The van der Waals surface area contributed by atoms with Crippen molar-refractivity contribution in [1.29, 1.82) is 0 Å². The molecule has 0 aliphatic rings. The van der Waals surface area contributed by atoms with Gasteiger partial charge >= 0.3 is 93.4 Å². The summed E-state index contributed by atoms with van der Waals surface area (Å²) in [6, 6.07) is 0. The zero-order valence-electron chi connectivity index (χ0n) is 9.36. The van der Waals surface area contributed by atoms with Crippen molar-refractivity contribution in [3.05, 3.63) is 0 Å². The van der Waals surface area contributed by atoms with Gasteiger partial charge in [-0.3, -0.25) is 0 Å². The van der Waals surface area contributed by atoms with Crippen LogP contribution in [0.4, 0.5) is 0 Å². The molecule has 0 saturated carbocycles. The summed E-state index contributed by atoms with van der Waals surface area (Å²) in [7, 11) is 0. The molecule has 0 spiro atoms. The Hall–Kier alpha value is 0.599. The molecule has 0 saturated heterocycles. The van der Waals surface area contributed by atoms with E-state index in [-0.39, 0.29) is 0 Å². The Morgan fingerprint density at radius 1 is 1.00 bits per heavy atom. The summed E-state index contributed by atoms with van der Waals surface area (Å²) in [6.45, 7) is 6.65. The molecular weight excluding hydrogens is 267 g/mol. The predicted molar refractivity (Wildman–Crippen MR) is 58.5 cm³/mol. The van der Waals surface area contributed by atoms with Crippen LogP contribution in [0.25, 0.3) is 0 Å². The standard InChI is InChI=1S/C11H23.O.Sn/c1-4-7-9-11(6-3)10-8-5-2;;/h4-10H2,1-3H3;;.